The molecular formula is C13H14O3. The third-order valence-corrected chi connectivity index (χ3v) is 3.34. The molecule has 1 N–H and O–H groups in total. The van der Waals surface area contributed by atoms with Crippen molar-refractivity contribution in [3.8, 4) is 5.75 Å². The lowest BCUT2D eigenvalue weighted by Crippen LogP contribution is -2.29. The summed E-state index contributed by atoms with van der Waals surface area (Å²) in [6.45, 7) is 0. The fourth-order valence-electron chi connectivity index (χ4n) is 1.99. The summed E-state index contributed by atoms with van der Waals surface area (Å²) in [6.07, 6.45) is 3.64. The van der Waals surface area contributed by atoms with Crippen LogP contribution in [0.1, 0.15) is 37.2 Å². The zero-order valence-electron chi connectivity index (χ0n) is 8.98. The van der Waals surface area contributed by atoms with Gasteiger partial charge in [-0.1, -0.05) is 18.2 Å². The van der Waals surface area contributed by atoms with Crippen LogP contribution in [0.3, 0.4) is 0 Å². The van der Waals surface area contributed by atoms with Crippen molar-refractivity contribution < 1.29 is 14.6 Å². The maximum absolute atomic E-state index is 11.1. The monoisotopic (exact) mass is 218 g/mol. The minimum Gasteiger partial charge on any atom is -0.478 e. The molecule has 1 aromatic rings. The van der Waals surface area contributed by atoms with Crippen molar-refractivity contribution in [3.05, 3.63) is 29.8 Å². The van der Waals surface area contributed by atoms with E-state index in [0.717, 1.165) is 5.75 Å². The summed E-state index contributed by atoms with van der Waals surface area (Å²) in [5, 5.41) is 9.09. The van der Waals surface area contributed by atoms with Gasteiger partial charge in [0.1, 0.15) is 5.75 Å². The first-order chi connectivity index (χ1) is 7.71. The summed E-state index contributed by atoms with van der Waals surface area (Å²) in [5.74, 6) is 0.517. The normalized spacial score (nSPS) is 21.5. The zero-order chi connectivity index (χ0) is 11.2. The number of aliphatic carboxylic acids is 1. The Hall–Kier alpha value is -1.51. The number of ether oxygens (including phenoxy) is 1. The fourth-order valence-corrected chi connectivity index (χ4v) is 1.99. The van der Waals surface area contributed by atoms with Crippen molar-refractivity contribution >= 4 is 5.97 Å². The van der Waals surface area contributed by atoms with E-state index in [2.05, 4.69) is 0 Å². The van der Waals surface area contributed by atoms with Crippen LogP contribution < -0.4 is 4.74 Å². The average Bonchev–Trinajstić information content (AvgIpc) is 3.14. The van der Waals surface area contributed by atoms with E-state index in [1.165, 1.54) is 18.4 Å². The van der Waals surface area contributed by atoms with Crippen LogP contribution in [-0.2, 0) is 4.79 Å². The van der Waals surface area contributed by atoms with Gasteiger partial charge in [0.25, 0.3) is 0 Å². The maximum atomic E-state index is 11.1. The Bertz CT molecular complexity index is 431. The van der Waals surface area contributed by atoms with Crippen LogP contribution in [0.4, 0.5) is 0 Å². The van der Waals surface area contributed by atoms with Gasteiger partial charge in [0.15, 0.2) is 0 Å². The second-order valence-corrected chi connectivity index (χ2v) is 4.71. The minimum absolute atomic E-state index is 0.584. The van der Waals surface area contributed by atoms with Crippen LogP contribution in [0.2, 0.25) is 0 Å². The molecule has 0 aromatic heterocycles. The van der Waals surface area contributed by atoms with E-state index >= 15 is 0 Å². The van der Waals surface area contributed by atoms with Crippen LogP contribution in [0, 0.1) is 0 Å². The quantitative estimate of drug-likeness (QED) is 0.844. The number of rotatable bonds is 4. The van der Waals surface area contributed by atoms with Crippen molar-refractivity contribution in [3.63, 3.8) is 0 Å². The van der Waals surface area contributed by atoms with E-state index in [4.69, 9.17) is 9.84 Å². The molecule has 0 heterocycles. The summed E-state index contributed by atoms with van der Waals surface area (Å²) in [4.78, 5) is 11.1. The Morgan fingerprint density at radius 3 is 2.56 bits per heavy atom. The smallest absolute Gasteiger partial charge is 0.348 e. The number of carbonyl (C=O) groups is 1. The molecule has 2 fully saturated rings. The summed E-state index contributed by atoms with van der Waals surface area (Å²) < 4.78 is 5.71. The Balaban J connectivity index is 1.86. The molecule has 2 aliphatic carbocycles. The first-order valence-corrected chi connectivity index (χ1v) is 5.73. The van der Waals surface area contributed by atoms with Crippen molar-refractivity contribution in [1.29, 1.82) is 0 Å². The van der Waals surface area contributed by atoms with Gasteiger partial charge in [0, 0.05) is 12.8 Å². The van der Waals surface area contributed by atoms with E-state index in [-0.39, 0.29) is 0 Å². The van der Waals surface area contributed by atoms with E-state index in [1.54, 1.807) is 0 Å². The standard InChI is InChI=1S/C13H14O3/c14-12(15)13(7-8-13)16-11-4-2-1-3-10(11)9-5-6-9/h1-4,9H,5-8H2,(H,14,15). The highest BCUT2D eigenvalue weighted by molar-refractivity contribution is 5.81. The molecule has 0 aliphatic heterocycles. The second kappa shape index (κ2) is 3.24. The molecule has 0 atom stereocenters. The maximum Gasteiger partial charge on any atom is 0.348 e. The van der Waals surface area contributed by atoms with Gasteiger partial charge in [-0.15, -0.1) is 0 Å². The van der Waals surface area contributed by atoms with Gasteiger partial charge in [-0.05, 0) is 30.4 Å². The lowest BCUT2D eigenvalue weighted by Gasteiger charge is -2.16. The Labute approximate surface area is 94.0 Å². The predicted molar refractivity (Wildman–Crippen MR) is 58.6 cm³/mol. The van der Waals surface area contributed by atoms with Crippen LogP contribution in [0.5, 0.6) is 5.75 Å². The van der Waals surface area contributed by atoms with Gasteiger partial charge in [-0.25, -0.2) is 4.79 Å². The molecule has 0 unspecified atom stereocenters. The molecule has 3 heteroatoms. The third-order valence-electron chi connectivity index (χ3n) is 3.34. The highest BCUT2D eigenvalue weighted by Crippen LogP contribution is 2.47. The molecule has 3 nitrogen and oxygen atoms in total. The summed E-state index contributed by atoms with van der Waals surface area (Å²) >= 11 is 0. The summed E-state index contributed by atoms with van der Waals surface area (Å²) in [5.41, 5.74) is 0.250. The largest absolute Gasteiger partial charge is 0.478 e. The zero-order valence-corrected chi connectivity index (χ0v) is 8.98. The van der Waals surface area contributed by atoms with Crippen molar-refractivity contribution in [2.24, 2.45) is 0 Å². The van der Waals surface area contributed by atoms with Crippen molar-refractivity contribution in [1.82, 2.24) is 0 Å². The molecule has 2 saturated carbocycles. The van der Waals surface area contributed by atoms with Gasteiger partial charge < -0.3 is 9.84 Å². The topological polar surface area (TPSA) is 46.5 Å². The van der Waals surface area contributed by atoms with Gasteiger partial charge >= 0.3 is 5.97 Å². The molecule has 16 heavy (non-hydrogen) atoms. The van der Waals surface area contributed by atoms with E-state index < -0.39 is 11.6 Å². The molecular weight excluding hydrogens is 204 g/mol. The SMILES string of the molecule is O=C(O)C1(Oc2ccccc2C2CC2)CC1. The Morgan fingerprint density at radius 1 is 1.31 bits per heavy atom. The third kappa shape index (κ3) is 1.56. The highest BCUT2D eigenvalue weighted by atomic mass is 16.5. The average molecular weight is 218 g/mol. The molecule has 0 radical (unpaired) electrons. The number of hydrogen-bond donors (Lipinski definition) is 1. The van der Waals surface area contributed by atoms with Gasteiger partial charge in [0.05, 0.1) is 0 Å². The summed E-state index contributed by atoms with van der Waals surface area (Å²) in [6, 6.07) is 7.82. The number of benzene rings is 1. The Kier molecular flexibility index (Phi) is 1.96. The molecule has 2 aliphatic rings. The Morgan fingerprint density at radius 2 is 2.00 bits per heavy atom. The lowest BCUT2D eigenvalue weighted by atomic mass is 10.1. The van der Waals surface area contributed by atoms with E-state index in [9.17, 15) is 4.79 Å². The molecule has 3 rings (SSSR count). The molecule has 0 spiro atoms. The molecule has 0 bridgehead atoms. The second-order valence-electron chi connectivity index (χ2n) is 4.71. The summed E-state index contributed by atoms with van der Waals surface area (Å²) in [7, 11) is 0. The minimum atomic E-state index is -0.926. The number of carboxylic acid groups (broad SMARTS) is 1. The molecule has 84 valence electrons. The van der Waals surface area contributed by atoms with E-state index in [0.29, 0.717) is 18.8 Å². The van der Waals surface area contributed by atoms with Gasteiger partial charge in [-0.3, -0.25) is 0 Å². The predicted octanol–water partition coefficient (Wildman–Crippen LogP) is 2.56. The number of carboxylic acids is 1. The molecule has 0 amide bonds. The number of para-hydroxylation sites is 1. The van der Waals surface area contributed by atoms with Gasteiger partial charge in [0.2, 0.25) is 5.60 Å². The number of hydrogen-bond acceptors (Lipinski definition) is 2. The van der Waals surface area contributed by atoms with Crippen molar-refractivity contribution in [2.75, 3.05) is 0 Å². The van der Waals surface area contributed by atoms with Crippen LogP contribution in [0.25, 0.3) is 0 Å². The fraction of sp³-hybridized carbons (Fsp3) is 0.462. The van der Waals surface area contributed by atoms with Gasteiger partial charge in [-0.2, -0.15) is 0 Å². The van der Waals surface area contributed by atoms with Crippen LogP contribution in [0.15, 0.2) is 24.3 Å². The first kappa shape index (κ1) is 9.70. The lowest BCUT2D eigenvalue weighted by molar-refractivity contribution is -0.147. The molecule has 0 saturated heterocycles. The van der Waals surface area contributed by atoms with E-state index in [1.807, 2.05) is 24.3 Å². The first-order valence-electron chi connectivity index (χ1n) is 5.73. The highest BCUT2D eigenvalue weighted by Gasteiger charge is 2.54. The molecule has 1 aromatic carbocycles. The van der Waals surface area contributed by atoms with Crippen LogP contribution in [-0.4, -0.2) is 16.7 Å². The van der Waals surface area contributed by atoms with Crippen molar-refractivity contribution in [2.45, 2.75) is 37.2 Å². The van der Waals surface area contributed by atoms with Crippen LogP contribution >= 0.6 is 0 Å².